The van der Waals surface area contributed by atoms with E-state index in [2.05, 4.69) is 5.32 Å². The van der Waals surface area contributed by atoms with E-state index < -0.39 is 0 Å². The molecule has 0 spiro atoms. The van der Waals surface area contributed by atoms with Crippen LogP contribution in [0, 0.1) is 0 Å². The SMILES string of the molecule is COc1ccc(N(CC(=O)N2c3ccccc3NC(=O)C[C@@H]2C)Cc2ccccc2)cc1. The predicted octanol–water partition coefficient (Wildman–Crippen LogP) is 4.47. The summed E-state index contributed by atoms with van der Waals surface area (Å²) >= 11 is 0. The van der Waals surface area contributed by atoms with E-state index in [1.54, 1.807) is 12.0 Å². The number of fused-ring (bicyclic) bond motifs is 1. The largest absolute Gasteiger partial charge is 0.497 e. The molecule has 0 aliphatic carbocycles. The summed E-state index contributed by atoms with van der Waals surface area (Å²) in [6, 6.07) is 25.0. The number of hydrogen-bond donors (Lipinski definition) is 1. The van der Waals surface area contributed by atoms with E-state index in [-0.39, 0.29) is 30.8 Å². The van der Waals surface area contributed by atoms with Gasteiger partial charge >= 0.3 is 0 Å². The Balaban J connectivity index is 1.65. The van der Waals surface area contributed by atoms with Gasteiger partial charge in [-0.1, -0.05) is 42.5 Å². The Labute approximate surface area is 188 Å². The maximum absolute atomic E-state index is 13.6. The Hall–Kier alpha value is -3.80. The quantitative estimate of drug-likeness (QED) is 0.628. The van der Waals surface area contributed by atoms with E-state index in [0.29, 0.717) is 12.2 Å². The first kappa shape index (κ1) is 21.4. The van der Waals surface area contributed by atoms with E-state index in [0.717, 1.165) is 22.7 Å². The van der Waals surface area contributed by atoms with Gasteiger partial charge in [0.1, 0.15) is 5.75 Å². The van der Waals surface area contributed by atoms with Crippen LogP contribution in [0.25, 0.3) is 0 Å². The number of nitrogens with one attached hydrogen (secondary N) is 1. The number of ether oxygens (including phenoxy) is 1. The molecular weight excluding hydrogens is 402 g/mol. The molecule has 6 heteroatoms. The molecule has 0 fully saturated rings. The second-order valence-electron chi connectivity index (χ2n) is 7.92. The van der Waals surface area contributed by atoms with Crippen molar-refractivity contribution in [3.8, 4) is 5.75 Å². The molecule has 0 bridgehead atoms. The van der Waals surface area contributed by atoms with Gasteiger partial charge in [-0.05, 0) is 48.9 Å². The van der Waals surface area contributed by atoms with Gasteiger partial charge in [0, 0.05) is 24.7 Å². The van der Waals surface area contributed by atoms with Gasteiger partial charge < -0.3 is 19.9 Å². The lowest BCUT2D eigenvalue weighted by atomic mass is 10.1. The highest BCUT2D eigenvalue weighted by Crippen LogP contribution is 2.32. The van der Waals surface area contributed by atoms with E-state index in [1.165, 1.54) is 0 Å². The van der Waals surface area contributed by atoms with E-state index >= 15 is 0 Å². The Morgan fingerprint density at radius 2 is 1.72 bits per heavy atom. The molecule has 0 unspecified atom stereocenters. The number of para-hydroxylation sites is 2. The van der Waals surface area contributed by atoms with Gasteiger partial charge in [-0.2, -0.15) is 0 Å². The molecule has 1 N–H and O–H groups in total. The number of hydrogen-bond acceptors (Lipinski definition) is 4. The maximum atomic E-state index is 13.6. The minimum absolute atomic E-state index is 0.0619. The van der Waals surface area contributed by atoms with Gasteiger partial charge in [-0.3, -0.25) is 9.59 Å². The van der Waals surface area contributed by atoms with Crippen LogP contribution in [0.4, 0.5) is 17.1 Å². The van der Waals surface area contributed by atoms with Gasteiger partial charge in [0.25, 0.3) is 0 Å². The molecule has 0 radical (unpaired) electrons. The summed E-state index contributed by atoms with van der Waals surface area (Å²) < 4.78 is 5.29. The van der Waals surface area contributed by atoms with Crippen LogP contribution < -0.4 is 19.9 Å². The van der Waals surface area contributed by atoms with Crippen molar-refractivity contribution in [3.63, 3.8) is 0 Å². The highest BCUT2D eigenvalue weighted by Gasteiger charge is 2.30. The third-order valence-electron chi connectivity index (χ3n) is 5.61. The fourth-order valence-electron chi connectivity index (χ4n) is 4.04. The average molecular weight is 430 g/mol. The lowest BCUT2D eigenvalue weighted by Crippen LogP contribution is -2.45. The molecule has 32 heavy (non-hydrogen) atoms. The van der Waals surface area contributed by atoms with Crippen molar-refractivity contribution in [2.75, 3.05) is 28.8 Å². The van der Waals surface area contributed by atoms with Crippen molar-refractivity contribution in [1.82, 2.24) is 0 Å². The first-order valence-electron chi connectivity index (χ1n) is 10.7. The third-order valence-corrected chi connectivity index (χ3v) is 5.61. The Kier molecular flexibility index (Phi) is 6.40. The zero-order chi connectivity index (χ0) is 22.5. The van der Waals surface area contributed by atoms with Crippen molar-refractivity contribution >= 4 is 28.9 Å². The van der Waals surface area contributed by atoms with Crippen LogP contribution >= 0.6 is 0 Å². The number of amides is 2. The molecule has 1 heterocycles. The van der Waals surface area contributed by atoms with Crippen molar-refractivity contribution in [2.45, 2.75) is 25.9 Å². The Morgan fingerprint density at radius 1 is 1.03 bits per heavy atom. The average Bonchev–Trinajstić information content (AvgIpc) is 2.93. The zero-order valence-corrected chi connectivity index (χ0v) is 18.3. The molecule has 0 saturated heterocycles. The fraction of sp³-hybridized carbons (Fsp3) is 0.231. The molecule has 0 aromatic heterocycles. The lowest BCUT2D eigenvalue weighted by molar-refractivity contribution is -0.118. The summed E-state index contributed by atoms with van der Waals surface area (Å²) in [7, 11) is 1.63. The van der Waals surface area contributed by atoms with Gasteiger partial charge in [0.2, 0.25) is 11.8 Å². The van der Waals surface area contributed by atoms with Crippen molar-refractivity contribution in [1.29, 1.82) is 0 Å². The van der Waals surface area contributed by atoms with Crippen LogP contribution in [0.2, 0.25) is 0 Å². The fourth-order valence-corrected chi connectivity index (χ4v) is 4.04. The first-order chi connectivity index (χ1) is 15.5. The number of rotatable bonds is 6. The molecule has 3 aromatic rings. The number of carbonyl (C=O) groups excluding carboxylic acids is 2. The molecule has 3 aromatic carbocycles. The van der Waals surface area contributed by atoms with Crippen LogP contribution in [0.15, 0.2) is 78.9 Å². The Morgan fingerprint density at radius 3 is 2.44 bits per heavy atom. The molecule has 164 valence electrons. The van der Waals surface area contributed by atoms with Gasteiger partial charge in [-0.25, -0.2) is 0 Å². The van der Waals surface area contributed by atoms with E-state index in [1.807, 2.05) is 90.7 Å². The van der Waals surface area contributed by atoms with Crippen LogP contribution in [-0.2, 0) is 16.1 Å². The van der Waals surface area contributed by atoms with Crippen LogP contribution in [-0.4, -0.2) is 31.5 Å². The highest BCUT2D eigenvalue weighted by molar-refractivity contribution is 6.05. The summed E-state index contributed by atoms with van der Waals surface area (Å²) in [5, 5.41) is 2.91. The minimum Gasteiger partial charge on any atom is -0.497 e. The summed E-state index contributed by atoms with van der Waals surface area (Å²) in [5.41, 5.74) is 3.42. The number of benzene rings is 3. The predicted molar refractivity (Wildman–Crippen MR) is 127 cm³/mol. The molecule has 1 atom stereocenters. The summed E-state index contributed by atoms with van der Waals surface area (Å²) in [5.74, 6) is 0.615. The maximum Gasteiger partial charge on any atom is 0.246 e. The molecular formula is C26H27N3O3. The van der Waals surface area contributed by atoms with Crippen molar-refractivity contribution < 1.29 is 14.3 Å². The normalized spacial score (nSPS) is 15.4. The molecule has 1 aliphatic heterocycles. The standard InChI is InChI=1S/C26H27N3O3/c1-19-16-25(30)27-23-10-6-7-11-24(23)29(19)26(31)18-28(17-20-8-4-3-5-9-20)21-12-14-22(32-2)15-13-21/h3-15,19H,16-18H2,1-2H3,(H,27,30)/t19-/m0/s1. The van der Waals surface area contributed by atoms with Gasteiger partial charge in [0.05, 0.1) is 25.0 Å². The van der Waals surface area contributed by atoms with Crippen molar-refractivity contribution in [3.05, 3.63) is 84.4 Å². The topological polar surface area (TPSA) is 61.9 Å². The van der Waals surface area contributed by atoms with Crippen molar-refractivity contribution in [2.24, 2.45) is 0 Å². The summed E-state index contributed by atoms with van der Waals surface area (Å²) in [6.45, 7) is 2.67. The lowest BCUT2D eigenvalue weighted by Gasteiger charge is -2.32. The molecule has 1 aliphatic rings. The number of carbonyl (C=O) groups is 2. The first-order valence-corrected chi connectivity index (χ1v) is 10.7. The third kappa shape index (κ3) is 4.75. The van der Waals surface area contributed by atoms with Crippen LogP contribution in [0.1, 0.15) is 18.9 Å². The number of anilines is 3. The van der Waals surface area contributed by atoms with E-state index in [9.17, 15) is 9.59 Å². The minimum atomic E-state index is -0.249. The molecule has 2 amide bonds. The van der Waals surface area contributed by atoms with E-state index in [4.69, 9.17) is 4.74 Å². The second-order valence-corrected chi connectivity index (χ2v) is 7.92. The summed E-state index contributed by atoms with van der Waals surface area (Å²) in [4.78, 5) is 29.7. The number of nitrogens with zero attached hydrogens (tertiary/aromatic N) is 2. The van der Waals surface area contributed by atoms with Crippen LogP contribution in [0.3, 0.4) is 0 Å². The second kappa shape index (κ2) is 9.56. The monoisotopic (exact) mass is 429 g/mol. The highest BCUT2D eigenvalue weighted by atomic mass is 16.5. The zero-order valence-electron chi connectivity index (χ0n) is 18.3. The smallest absolute Gasteiger partial charge is 0.246 e. The van der Waals surface area contributed by atoms with Gasteiger partial charge in [0.15, 0.2) is 0 Å². The summed E-state index contributed by atoms with van der Waals surface area (Å²) in [6.07, 6.45) is 0.252. The molecule has 6 nitrogen and oxygen atoms in total. The molecule has 4 rings (SSSR count). The molecule has 0 saturated carbocycles. The Bertz CT molecular complexity index is 1080. The van der Waals surface area contributed by atoms with Crippen LogP contribution in [0.5, 0.6) is 5.75 Å². The number of methoxy groups -OCH3 is 1. The van der Waals surface area contributed by atoms with Gasteiger partial charge in [-0.15, -0.1) is 0 Å².